The van der Waals surface area contributed by atoms with E-state index in [1.165, 1.54) is 16.3 Å². The van der Waals surface area contributed by atoms with Crippen molar-refractivity contribution in [3.8, 4) is 0 Å². The third-order valence-electron chi connectivity index (χ3n) is 4.26. The highest BCUT2D eigenvalue weighted by Crippen LogP contribution is 2.47. The standard InChI is InChI=1S/C18H19N3S/c1-12-6-5-7-14(10-12)17-16(15-8-3-4-9-19-15)20-18-21(17)11-13(2)22-18/h3-10,13,16-17H,11H2,1-2H3/t13-,16+,17+/m0/s1. The van der Waals surface area contributed by atoms with E-state index in [9.17, 15) is 0 Å². The third-order valence-corrected chi connectivity index (χ3v) is 5.37. The molecule has 22 heavy (non-hydrogen) atoms. The highest BCUT2D eigenvalue weighted by Gasteiger charge is 2.43. The molecule has 0 radical (unpaired) electrons. The Morgan fingerprint density at radius 1 is 1.18 bits per heavy atom. The first-order valence-electron chi connectivity index (χ1n) is 7.71. The minimum absolute atomic E-state index is 0.0954. The number of pyridine rings is 1. The fourth-order valence-electron chi connectivity index (χ4n) is 3.33. The van der Waals surface area contributed by atoms with Gasteiger partial charge in [-0.05, 0) is 24.6 Å². The SMILES string of the molecule is Cc1cccc([C@@H]2[C@@H](c3ccccn3)N=C3S[C@@H](C)CN32)c1. The van der Waals surface area contributed by atoms with Crippen LogP contribution < -0.4 is 0 Å². The second-order valence-corrected chi connectivity index (χ2v) is 7.46. The van der Waals surface area contributed by atoms with Gasteiger partial charge in [-0.1, -0.05) is 54.6 Å². The van der Waals surface area contributed by atoms with Gasteiger partial charge in [0.25, 0.3) is 0 Å². The summed E-state index contributed by atoms with van der Waals surface area (Å²) in [5.74, 6) is 0. The Labute approximate surface area is 135 Å². The first-order valence-corrected chi connectivity index (χ1v) is 8.59. The van der Waals surface area contributed by atoms with Gasteiger partial charge in [-0.25, -0.2) is 0 Å². The molecular formula is C18H19N3S. The predicted octanol–water partition coefficient (Wildman–Crippen LogP) is 3.98. The maximum atomic E-state index is 5.00. The topological polar surface area (TPSA) is 28.5 Å². The number of rotatable bonds is 2. The summed E-state index contributed by atoms with van der Waals surface area (Å²) in [6, 6.07) is 15.3. The maximum absolute atomic E-state index is 5.00. The molecule has 4 heteroatoms. The van der Waals surface area contributed by atoms with Crippen LogP contribution in [0.1, 0.15) is 35.8 Å². The molecule has 0 saturated carbocycles. The Balaban J connectivity index is 1.78. The number of fused-ring (bicyclic) bond motifs is 1. The lowest BCUT2D eigenvalue weighted by atomic mass is 9.95. The van der Waals surface area contributed by atoms with Gasteiger partial charge in [0.15, 0.2) is 5.17 Å². The fourth-order valence-corrected chi connectivity index (χ4v) is 4.43. The summed E-state index contributed by atoms with van der Waals surface area (Å²) in [6.07, 6.45) is 1.86. The molecule has 2 aliphatic rings. The zero-order valence-electron chi connectivity index (χ0n) is 12.8. The van der Waals surface area contributed by atoms with Crippen molar-refractivity contribution in [1.29, 1.82) is 0 Å². The van der Waals surface area contributed by atoms with E-state index >= 15 is 0 Å². The van der Waals surface area contributed by atoms with Crippen LogP contribution in [-0.4, -0.2) is 26.8 Å². The smallest absolute Gasteiger partial charge is 0.160 e. The van der Waals surface area contributed by atoms with Crippen LogP contribution >= 0.6 is 11.8 Å². The van der Waals surface area contributed by atoms with Crippen molar-refractivity contribution in [2.24, 2.45) is 4.99 Å². The molecule has 0 spiro atoms. The average molecular weight is 309 g/mol. The summed E-state index contributed by atoms with van der Waals surface area (Å²) < 4.78 is 0. The largest absolute Gasteiger partial charge is 0.341 e. The number of hydrogen-bond donors (Lipinski definition) is 0. The molecular weight excluding hydrogens is 290 g/mol. The molecule has 0 amide bonds. The summed E-state index contributed by atoms with van der Waals surface area (Å²) in [5.41, 5.74) is 3.69. The van der Waals surface area contributed by atoms with Crippen molar-refractivity contribution in [3.63, 3.8) is 0 Å². The summed E-state index contributed by atoms with van der Waals surface area (Å²) in [4.78, 5) is 12.0. The molecule has 112 valence electrons. The molecule has 0 bridgehead atoms. The summed E-state index contributed by atoms with van der Waals surface area (Å²) >= 11 is 1.89. The van der Waals surface area contributed by atoms with E-state index in [0.29, 0.717) is 5.25 Å². The molecule has 2 aromatic rings. The number of benzene rings is 1. The molecule has 2 aliphatic heterocycles. The number of nitrogens with zero attached hydrogens (tertiary/aromatic N) is 3. The van der Waals surface area contributed by atoms with Crippen molar-refractivity contribution in [3.05, 3.63) is 65.5 Å². The van der Waals surface area contributed by atoms with Crippen LogP contribution in [0.4, 0.5) is 0 Å². The molecule has 1 fully saturated rings. The Morgan fingerprint density at radius 3 is 2.86 bits per heavy atom. The molecule has 3 nitrogen and oxygen atoms in total. The Kier molecular flexibility index (Phi) is 3.41. The zero-order valence-corrected chi connectivity index (χ0v) is 13.6. The second-order valence-electron chi connectivity index (χ2n) is 6.05. The van der Waals surface area contributed by atoms with Crippen LogP contribution in [-0.2, 0) is 0 Å². The van der Waals surface area contributed by atoms with Crippen LogP contribution in [0.25, 0.3) is 0 Å². The van der Waals surface area contributed by atoms with Crippen LogP contribution in [0.5, 0.6) is 0 Å². The third kappa shape index (κ3) is 2.31. The molecule has 1 saturated heterocycles. The minimum Gasteiger partial charge on any atom is -0.341 e. The molecule has 1 aromatic heterocycles. The first kappa shape index (κ1) is 13.8. The van der Waals surface area contributed by atoms with Gasteiger partial charge in [-0.2, -0.15) is 0 Å². The summed E-state index contributed by atoms with van der Waals surface area (Å²) in [5, 5.41) is 1.78. The van der Waals surface area contributed by atoms with E-state index in [1.807, 2.05) is 24.0 Å². The first-order chi connectivity index (χ1) is 10.7. The summed E-state index contributed by atoms with van der Waals surface area (Å²) in [6.45, 7) is 5.48. The van der Waals surface area contributed by atoms with Gasteiger partial charge < -0.3 is 4.90 Å². The van der Waals surface area contributed by atoms with E-state index in [-0.39, 0.29) is 12.1 Å². The monoisotopic (exact) mass is 309 g/mol. The summed E-state index contributed by atoms with van der Waals surface area (Å²) in [7, 11) is 0. The van der Waals surface area contributed by atoms with Crippen molar-refractivity contribution >= 4 is 16.9 Å². The second kappa shape index (κ2) is 5.43. The molecule has 1 aromatic carbocycles. The lowest BCUT2D eigenvalue weighted by Gasteiger charge is -2.27. The highest BCUT2D eigenvalue weighted by molar-refractivity contribution is 8.14. The van der Waals surface area contributed by atoms with Gasteiger partial charge >= 0.3 is 0 Å². The van der Waals surface area contributed by atoms with Crippen LogP contribution in [0.15, 0.2) is 53.7 Å². The van der Waals surface area contributed by atoms with Crippen molar-refractivity contribution in [2.75, 3.05) is 6.54 Å². The highest BCUT2D eigenvalue weighted by atomic mass is 32.2. The Hall–Kier alpha value is -1.81. The number of aromatic nitrogens is 1. The molecule has 3 atom stereocenters. The molecule has 0 N–H and O–H groups in total. The normalized spacial score (nSPS) is 26.9. The van der Waals surface area contributed by atoms with Gasteiger partial charge in [0.05, 0.1) is 11.7 Å². The van der Waals surface area contributed by atoms with Crippen molar-refractivity contribution < 1.29 is 0 Å². The molecule has 0 unspecified atom stereocenters. The quantitative estimate of drug-likeness (QED) is 0.840. The fraction of sp³-hybridized carbons (Fsp3) is 0.333. The van der Waals surface area contributed by atoms with Crippen LogP contribution in [0.3, 0.4) is 0 Å². The molecule has 4 rings (SSSR count). The maximum Gasteiger partial charge on any atom is 0.160 e. The lowest BCUT2D eigenvalue weighted by Crippen LogP contribution is -2.28. The van der Waals surface area contributed by atoms with Gasteiger partial charge in [0, 0.05) is 18.0 Å². The van der Waals surface area contributed by atoms with Crippen molar-refractivity contribution in [2.45, 2.75) is 31.2 Å². The average Bonchev–Trinajstić information content (AvgIpc) is 3.04. The molecule has 3 heterocycles. The Bertz CT molecular complexity index is 713. The van der Waals surface area contributed by atoms with Crippen LogP contribution in [0, 0.1) is 6.92 Å². The van der Waals surface area contributed by atoms with E-state index in [1.54, 1.807) is 0 Å². The van der Waals surface area contributed by atoms with Gasteiger partial charge in [0.2, 0.25) is 0 Å². The van der Waals surface area contributed by atoms with Gasteiger partial charge in [-0.15, -0.1) is 0 Å². The van der Waals surface area contributed by atoms with Gasteiger partial charge in [0.1, 0.15) is 6.04 Å². The Morgan fingerprint density at radius 2 is 2.09 bits per heavy atom. The van der Waals surface area contributed by atoms with E-state index in [4.69, 9.17) is 4.99 Å². The van der Waals surface area contributed by atoms with Gasteiger partial charge in [-0.3, -0.25) is 9.98 Å². The number of thioether (sulfide) groups is 1. The van der Waals surface area contributed by atoms with E-state index in [0.717, 1.165) is 12.2 Å². The number of aliphatic imine (C=N–C) groups is 1. The van der Waals surface area contributed by atoms with Crippen molar-refractivity contribution in [1.82, 2.24) is 9.88 Å². The zero-order chi connectivity index (χ0) is 15.1. The number of hydrogen-bond acceptors (Lipinski definition) is 4. The number of aryl methyl sites for hydroxylation is 1. The van der Waals surface area contributed by atoms with E-state index < -0.39 is 0 Å². The molecule has 0 aliphatic carbocycles. The predicted molar refractivity (Wildman–Crippen MR) is 92.1 cm³/mol. The van der Waals surface area contributed by atoms with Crippen LogP contribution in [0.2, 0.25) is 0 Å². The minimum atomic E-state index is 0.0954. The lowest BCUT2D eigenvalue weighted by molar-refractivity contribution is 0.321. The van der Waals surface area contributed by atoms with E-state index in [2.05, 4.69) is 60.1 Å². The number of amidine groups is 1.